The van der Waals surface area contributed by atoms with Gasteiger partial charge in [0.15, 0.2) is 9.84 Å². The summed E-state index contributed by atoms with van der Waals surface area (Å²) in [6.45, 7) is 3.44. The van der Waals surface area contributed by atoms with E-state index in [1.165, 1.54) is 19.2 Å². The maximum Gasteiger partial charge on any atom is 0.326 e. The molecule has 144 valence electrons. The molecule has 2 aromatic rings. The van der Waals surface area contributed by atoms with E-state index in [2.05, 4.69) is 0 Å². The number of carbonyl (C=O) groups is 2. The zero-order chi connectivity index (χ0) is 20.4. The molecule has 2 aromatic carbocycles. The number of sulfone groups is 1. The van der Waals surface area contributed by atoms with Crippen molar-refractivity contribution >= 4 is 21.7 Å². The van der Waals surface area contributed by atoms with Gasteiger partial charge < -0.3 is 10.0 Å². The van der Waals surface area contributed by atoms with Crippen molar-refractivity contribution in [2.75, 3.05) is 13.3 Å². The first-order chi connectivity index (χ1) is 12.5. The molecule has 0 saturated carbocycles. The van der Waals surface area contributed by atoms with Gasteiger partial charge in [-0.05, 0) is 42.7 Å². The fourth-order valence-electron chi connectivity index (χ4n) is 2.82. The Kier molecular flexibility index (Phi) is 6.05. The molecule has 0 spiro atoms. The molecule has 7 heteroatoms. The second kappa shape index (κ2) is 7.92. The van der Waals surface area contributed by atoms with Crippen LogP contribution >= 0.6 is 0 Å². The second-order valence-corrected chi connectivity index (χ2v) is 8.66. The summed E-state index contributed by atoms with van der Waals surface area (Å²) in [6.07, 6.45) is 1.23. The van der Waals surface area contributed by atoms with Crippen molar-refractivity contribution in [1.29, 1.82) is 0 Å². The lowest BCUT2D eigenvalue weighted by Crippen LogP contribution is -2.44. The molecule has 0 radical (unpaired) electrons. The number of rotatable bonds is 6. The maximum atomic E-state index is 13.0. The Morgan fingerprint density at radius 1 is 1.11 bits per heavy atom. The van der Waals surface area contributed by atoms with Crippen molar-refractivity contribution in [3.8, 4) is 0 Å². The highest BCUT2D eigenvalue weighted by Gasteiger charge is 2.29. The van der Waals surface area contributed by atoms with Crippen LogP contribution in [0.5, 0.6) is 0 Å². The van der Waals surface area contributed by atoms with Gasteiger partial charge in [0, 0.05) is 25.3 Å². The third-order valence-electron chi connectivity index (χ3n) is 4.64. The van der Waals surface area contributed by atoms with E-state index in [-0.39, 0.29) is 16.9 Å². The topological polar surface area (TPSA) is 91.8 Å². The van der Waals surface area contributed by atoms with E-state index in [1.807, 2.05) is 6.07 Å². The monoisotopic (exact) mass is 389 g/mol. The number of carbonyl (C=O) groups excluding carboxylic acids is 1. The highest BCUT2D eigenvalue weighted by Crippen LogP contribution is 2.22. The molecule has 1 unspecified atom stereocenters. The number of amides is 1. The third-order valence-corrected chi connectivity index (χ3v) is 5.74. The zero-order valence-electron chi connectivity index (χ0n) is 15.8. The fraction of sp³-hybridized carbons (Fsp3) is 0.300. The normalized spacial score (nSPS) is 12.4. The number of benzene rings is 2. The molecular formula is C20H23NO5S. The van der Waals surface area contributed by atoms with Gasteiger partial charge in [0.1, 0.15) is 6.04 Å². The zero-order valence-corrected chi connectivity index (χ0v) is 16.6. The minimum atomic E-state index is -3.50. The van der Waals surface area contributed by atoms with Gasteiger partial charge in [0.2, 0.25) is 0 Å². The van der Waals surface area contributed by atoms with Gasteiger partial charge in [-0.1, -0.05) is 30.3 Å². The molecule has 6 nitrogen and oxygen atoms in total. The summed E-state index contributed by atoms with van der Waals surface area (Å²) in [6, 6.07) is 10.8. The maximum absolute atomic E-state index is 13.0. The summed E-state index contributed by atoms with van der Waals surface area (Å²) >= 11 is 0. The van der Waals surface area contributed by atoms with E-state index in [0.29, 0.717) is 11.1 Å². The van der Waals surface area contributed by atoms with E-state index in [4.69, 9.17) is 0 Å². The van der Waals surface area contributed by atoms with Crippen LogP contribution in [0.4, 0.5) is 0 Å². The number of aryl methyl sites for hydroxylation is 1. The van der Waals surface area contributed by atoms with Gasteiger partial charge in [0.25, 0.3) is 5.91 Å². The molecule has 2 rings (SSSR count). The Morgan fingerprint density at radius 2 is 1.70 bits per heavy atom. The van der Waals surface area contributed by atoms with Crippen LogP contribution in [-0.2, 0) is 21.1 Å². The molecule has 0 aliphatic rings. The van der Waals surface area contributed by atoms with Gasteiger partial charge >= 0.3 is 5.97 Å². The number of carboxylic acids is 1. The highest BCUT2D eigenvalue weighted by atomic mass is 32.2. The first-order valence-corrected chi connectivity index (χ1v) is 10.3. The Hall–Kier alpha value is -2.67. The van der Waals surface area contributed by atoms with E-state index in [1.54, 1.807) is 38.1 Å². The average Bonchev–Trinajstić information content (AvgIpc) is 2.60. The van der Waals surface area contributed by atoms with E-state index < -0.39 is 27.8 Å². The second-order valence-electron chi connectivity index (χ2n) is 6.64. The van der Waals surface area contributed by atoms with Crippen molar-refractivity contribution in [1.82, 2.24) is 4.90 Å². The minimum Gasteiger partial charge on any atom is -0.480 e. The van der Waals surface area contributed by atoms with Gasteiger partial charge in [-0.15, -0.1) is 0 Å². The lowest BCUT2D eigenvalue weighted by atomic mass is 10.00. The first kappa shape index (κ1) is 20.6. The van der Waals surface area contributed by atoms with Gasteiger partial charge in [-0.2, -0.15) is 0 Å². The van der Waals surface area contributed by atoms with E-state index in [9.17, 15) is 23.1 Å². The molecule has 1 N–H and O–H groups in total. The molecule has 0 fully saturated rings. The highest BCUT2D eigenvalue weighted by molar-refractivity contribution is 7.90. The van der Waals surface area contributed by atoms with Crippen LogP contribution < -0.4 is 0 Å². The molecule has 1 amide bonds. The number of likely N-dealkylation sites (N-methyl/N-ethyl adjacent to an activating group) is 1. The van der Waals surface area contributed by atoms with Crippen LogP contribution in [0.25, 0.3) is 0 Å². The Morgan fingerprint density at radius 3 is 2.22 bits per heavy atom. The molecule has 0 bridgehead atoms. The van der Waals surface area contributed by atoms with Gasteiger partial charge in [0.05, 0.1) is 4.90 Å². The average molecular weight is 389 g/mol. The molecule has 0 aliphatic carbocycles. The summed E-state index contributed by atoms with van der Waals surface area (Å²) in [7, 11) is -2.07. The van der Waals surface area contributed by atoms with E-state index >= 15 is 0 Å². The summed E-state index contributed by atoms with van der Waals surface area (Å²) in [5.74, 6) is -1.65. The van der Waals surface area contributed by atoms with Crippen molar-refractivity contribution in [3.63, 3.8) is 0 Å². The lowest BCUT2D eigenvalue weighted by Gasteiger charge is -2.26. The Bertz CT molecular complexity index is 967. The SMILES string of the molecule is Cc1cc(S(C)(=O)=O)cc(C(=O)N(C)C(Cc2ccccc2)C(=O)O)c1C. The minimum absolute atomic E-state index is 0.0392. The van der Waals surface area contributed by atoms with Crippen LogP contribution in [0.2, 0.25) is 0 Å². The van der Waals surface area contributed by atoms with Crippen LogP contribution in [0.1, 0.15) is 27.0 Å². The van der Waals surface area contributed by atoms with E-state index in [0.717, 1.165) is 16.7 Å². The summed E-state index contributed by atoms with van der Waals surface area (Å²) in [5.41, 5.74) is 2.27. The first-order valence-electron chi connectivity index (χ1n) is 8.37. The van der Waals surface area contributed by atoms with Crippen LogP contribution in [0.15, 0.2) is 47.4 Å². The standard InChI is InChI=1S/C20H23NO5S/c1-13-10-16(27(4,25)26)12-17(14(13)2)19(22)21(3)18(20(23)24)11-15-8-6-5-7-9-15/h5-10,12,18H,11H2,1-4H3,(H,23,24). The fourth-order valence-corrected chi connectivity index (χ4v) is 3.54. The predicted octanol–water partition coefficient (Wildman–Crippen LogP) is 2.47. The molecule has 27 heavy (non-hydrogen) atoms. The van der Waals surface area contributed by atoms with Gasteiger partial charge in [-0.25, -0.2) is 13.2 Å². The number of nitrogens with zero attached hydrogens (tertiary/aromatic N) is 1. The largest absolute Gasteiger partial charge is 0.480 e. The summed E-state index contributed by atoms with van der Waals surface area (Å²) in [5, 5.41) is 9.62. The molecule has 0 saturated heterocycles. The van der Waals surface area contributed by atoms with Gasteiger partial charge in [-0.3, -0.25) is 4.79 Å². The van der Waals surface area contributed by atoms with Crippen LogP contribution in [0, 0.1) is 13.8 Å². The third kappa shape index (κ3) is 4.74. The van der Waals surface area contributed by atoms with Crippen molar-refractivity contribution in [2.24, 2.45) is 0 Å². The smallest absolute Gasteiger partial charge is 0.326 e. The summed E-state index contributed by atoms with van der Waals surface area (Å²) in [4.78, 5) is 26.0. The molecule has 0 aliphatic heterocycles. The number of aliphatic carboxylic acids is 1. The van der Waals surface area contributed by atoms with Crippen molar-refractivity contribution in [2.45, 2.75) is 31.2 Å². The predicted molar refractivity (Wildman–Crippen MR) is 103 cm³/mol. The molecule has 0 heterocycles. The van der Waals surface area contributed by atoms with Crippen LogP contribution in [0.3, 0.4) is 0 Å². The number of hydrogen-bond acceptors (Lipinski definition) is 4. The molecule has 0 aromatic heterocycles. The number of hydrogen-bond donors (Lipinski definition) is 1. The lowest BCUT2D eigenvalue weighted by molar-refractivity contribution is -0.141. The quantitative estimate of drug-likeness (QED) is 0.819. The van der Waals surface area contributed by atoms with Crippen molar-refractivity contribution in [3.05, 3.63) is 64.7 Å². The van der Waals surface area contributed by atoms with Crippen molar-refractivity contribution < 1.29 is 23.1 Å². The van der Waals surface area contributed by atoms with Crippen LogP contribution in [-0.4, -0.2) is 49.6 Å². The Balaban J connectivity index is 2.42. The summed E-state index contributed by atoms with van der Waals surface area (Å²) < 4.78 is 23.8. The molecule has 1 atom stereocenters. The molecular weight excluding hydrogens is 366 g/mol. The Labute approximate surface area is 159 Å². The number of carboxylic acid groups (broad SMARTS) is 1.